The average Bonchev–Trinajstić information content (AvgIpc) is 2.28. The fourth-order valence-corrected chi connectivity index (χ4v) is 2.68. The van der Waals surface area contributed by atoms with Crippen molar-refractivity contribution in [1.29, 1.82) is 0 Å². The molecular formula is C10H21N3O4S. The van der Waals surface area contributed by atoms with Gasteiger partial charge >= 0.3 is 0 Å². The van der Waals surface area contributed by atoms with Gasteiger partial charge in [0.15, 0.2) is 0 Å². The van der Waals surface area contributed by atoms with E-state index in [2.05, 4.69) is 0 Å². The van der Waals surface area contributed by atoms with Crippen LogP contribution in [0.3, 0.4) is 0 Å². The van der Waals surface area contributed by atoms with Crippen LogP contribution in [-0.4, -0.2) is 92.7 Å². The summed E-state index contributed by atoms with van der Waals surface area (Å²) in [5.41, 5.74) is 0. The lowest BCUT2D eigenvalue weighted by atomic mass is 10.3. The number of carbonyl (C=O) groups is 1. The number of aliphatic hydroxyl groups excluding tert-OH is 1. The largest absolute Gasteiger partial charge is 0.395 e. The van der Waals surface area contributed by atoms with Gasteiger partial charge in [-0.1, -0.05) is 0 Å². The van der Waals surface area contributed by atoms with Crippen LogP contribution in [0.1, 0.15) is 0 Å². The van der Waals surface area contributed by atoms with Crippen molar-refractivity contribution < 1.29 is 18.3 Å². The minimum absolute atomic E-state index is 0.0195. The molecule has 1 aliphatic heterocycles. The molecule has 0 aliphatic carbocycles. The van der Waals surface area contributed by atoms with Crippen molar-refractivity contribution in [2.45, 2.75) is 0 Å². The second-order valence-corrected chi connectivity index (χ2v) is 6.49. The van der Waals surface area contributed by atoms with Crippen molar-refractivity contribution >= 4 is 15.9 Å². The highest BCUT2D eigenvalue weighted by Crippen LogP contribution is 2.06. The Balaban J connectivity index is 2.41. The van der Waals surface area contributed by atoms with Gasteiger partial charge in [-0.15, -0.1) is 0 Å². The van der Waals surface area contributed by atoms with E-state index in [-0.39, 0.29) is 19.1 Å². The van der Waals surface area contributed by atoms with Crippen LogP contribution in [0.4, 0.5) is 0 Å². The van der Waals surface area contributed by atoms with Gasteiger partial charge in [0.25, 0.3) is 0 Å². The molecule has 1 aliphatic rings. The number of sulfonamides is 1. The summed E-state index contributed by atoms with van der Waals surface area (Å²) < 4.78 is 24.0. The molecule has 0 radical (unpaired) electrons. The van der Waals surface area contributed by atoms with Gasteiger partial charge in [0.05, 0.1) is 19.4 Å². The Hall–Kier alpha value is -0.700. The van der Waals surface area contributed by atoms with Gasteiger partial charge < -0.3 is 10.0 Å². The molecule has 7 nitrogen and oxygen atoms in total. The van der Waals surface area contributed by atoms with E-state index in [1.54, 1.807) is 16.8 Å². The molecule has 0 spiro atoms. The molecule has 1 fully saturated rings. The van der Waals surface area contributed by atoms with Crippen molar-refractivity contribution in [3.63, 3.8) is 0 Å². The maximum atomic E-state index is 11.9. The highest BCUT2D eigenvalue weighted by atomic mass is 32.2. The topological polar surface area (TPSA) is 81.2 Å². The van der Waals surface area contributed by atoms with Gasteiger partial charge in [-0.3, -0.25) is 9.69 Å². The normalized spacial score (nSPS) is 18.3. The molecule has 0 unspecified atom stereocenters. The monoisotopic (exact) mass is 279 g/mol. The first-order valence-corrected chi connectivity index (χ1v) is 7.71. The molecule has 0 saturated carbocycles. The lowest BCUT2D eigenvalue weighted by molar-refractivity contribution is -0.133. The first-order valence-electron chi connectivity index (χ1n) is 5.87. The Morgan fingerprint density at radius 1 is 1.28 bits per heavy atom. The van der Waals surface area contributed by atoms with E-state index in [4.69, 9.17) is 5.11 Å². The fraction of sp³-hybridized carbons (Fsp3) is 0.900. The molecule has 0 atom stereocenters. The van der Waals surface area contributed by atoms with Crippen LogP contribution >= 0.6 is 0 Å². The first-order chi connectivity index (χ1) is 8.34. The lowest BCUT2D eigenvalue weighted by Crippen LogP contribution is -2.52. The quantitative estimate of drug-likeness (QED) is 0.630. The number of hydrogen-bond donors (Lipinski definition) is 1. The zero-order valence-electron chi connectivity index (χ0n) is 10.9. The van der Waals surface area contributed by atoms with Crippen molar-refractivity contribution in [2.24, 2.45) is 0 Å². The van der Waals surface area contributed by atoms with E-state index in [0.29, 0.717) is 32.7 Å². The molecule has 0 aromatic rings. The summed E-state index contributed by atoms with van der Waals surface area (Å²) in [6.07, 6.45) is 1.18. The van der Waals surface area contributed by atoms with E-state index in [1.165, 1.54) is 10.6 Å². The number of piperazine rings is 1. The summed E-state index contributed by atoms with van der Waals surface area (Å²) in [4.78, 5) is 15.3. The molecule has 0 aromatic heterocycles. The Bertz CT molecular complexity index is 377. The van der Waals surface area contributed by atoms with Gasteiger partial charge in [0.1, 0.15) is 0 Å². The van der Waals surface area contributed by atoms with Crippen molar-refractivity contribution in [2.75, 3.05) is 59.2 Å². The highest BCUT2D eigenvalue weighted by molar-refractivity contribution is 7.88. The number of nitrogens with zero attached hydrogens (tertiary/aromatic N) is 3. The maximum absolute atomic E-state index is 11.9. The van der Waals surface area contributed by atoms with E-state index >= 15 is 0 Å². The Morgan fingerprint density at radius 3 is 2.28 bits per heavy atom. The molecule has 0 aromatic carbocycles. The molecule has 1 rings (SSSR count). The fourth-order valence-electron chi connectivity index (χ4n) is 1.85. The number of aliphatic hydroxyl groups is 1. The van der Waals surface area contributed by atoms with Crippen molar-refractivity contribution in [1.82, 2.24) is 14.1 Å². The van der Waals surface area contributed by atoms with Crippen LogP contribution in [0.25, 0.3) is 0 Å². The third kappa shape index (κ3) is 4.52. The molecule has 1 amide bonds. The van der Waals surface area contributed by atoms with Gasteiger partial charge in [-0.25, -0.2) is 8.42 Å². The van der Waals surface area contributed by atoms with Gasteiger partial charge in [0.2, 0.25) is 15.9 Å². The van der Waals surface area contributed by atoms with E-state index < -0.39 is 10.0 Å². The molecule has 8 heteroatoms. The summed E-state index contributed by atoms with van der Waals surface area (Å²) in [7, 11) is -1.39. The van der Waals surface area contributed by atoms with Crippen molar-refractivity contribution in [3.05, 3.63) is 0 Å². The minimum atomic E-state index is -3.15. The van der Waals surface area contributed by atoms with Gasteiger partial charge in [-0.2, -0.15) is 4.31 Å². The predicted octanol–water partition coefficient (Wildman–Crippen LogP) is -1.99. The number of amides is 1. The zero-order valence-corrected chi connectivity index (χ0v) is 11.7. The highest BCUT2D eigenvalue weighted by Gasteiger charge is 2.26. The van der Waals surface area contributed by atoms with Crippen LogP contribution in [0.2, 0.25) is 0 Å². The molecule has 1 N–H and O–H groups in total. The second-order valence-electron chi connectivity index (χ2n) is 4.50. The summed E-state index contributed by atoms with van der Waals surface area (Å²) in [5, 5.41) is 8.74. The smallest absolute Gasteiger partial charge is 0.236 e. The van der Waals surface area contributed by atoms with Gasteiger partial charge in [0, 0.05) is 32.7 Å². The standard InChI is InChI=1S/C10H21N3O4S/c1-11(7-8-14)9-10(15)12-3-5-13(6-4-12)18(2,16)17/h14H,3-9H2,1-2H3. The minimum Gasteiger partial charge on any atom is -0.395 e. The molecule has 1 saturated heterocycles. The van der Waals surface area contributed by atoms with Crippen LogP contribution in [0.5, 0.6) is 0 Å². The first kappa shape index (κ1) is 15.4. The number of likely N-dealkylation sites (N-methyl/N-ethyl adjacent to an activating group) is 1. The Kier molecular flexibility index (Phi) is 5.51. The SMILES string of the molecule is CN(CCO)CC(=O)N1CCN(S(C)(=O)=O)CC1. The summed E-state index contributed by atoms with van der Waals surface area (Å²) in [5.74, 6) is -0.0286. The molecule has 106 valence electrons. The average molecular weight is 279 g/mol. The van der Waals surface area contributed by atoms with Crippen LogP contribution in [-0.2, 0) is 14.8 Å². The predicted molar refractivity (Wildman–Crippen MR) is 67.6 cm³/mol. The van der Waals surface area contributed by atoms with E-state index in [1.807, 2.05) is 0 Å². The third-order valence-corrected chi connectivity index (χ3v) is 4.25. The Labute approximate surface area is 108 Å². The number of hydrogen-bond acceptors (Lipinski definition) is 5. The zero-order chi connectivity index (χ0) is 13.8. The molecule has 18 heavy (non-hydrogen) atoms. The maximum Gasteiger partial charge on any atom is 0.236 e. The second kappa shape index (κ2) is 6.46. The molecule has 1 heterocycles. The third-order valence-electron chi connectivity index (χ3n) is 2.95. The molecular weight excluding hydrogens is 258 g/mol. The van der Waals surface area contributed by atoms with E-state index in [0.717, 1.165) is 0 Å². The van der Waals surface area contributed by atoms with Crippen LogP contribution in [0.15, 0.2) is 0 Å². The summed E-state index contributed by atoms with van der Waals surface area (Å²) in [6.45, 7) is 2.29. The van der Waals surface area contributed by atoms with Gasteiger partial charge in [-0.05, 0) is 7.05 Å². The molecule has 0 bridgehead atoms. The van der Waals surface area contributed by atoms with Crippen molar-refractivity contribution in [3.8, 4) is 0 Å². The number of carbonyl (C=O) groups excluding carboxylic acids is 1. The van der Waals surface area contributed by atoms with Crippen LogP contribution < -0.4 is 0 Å². The Morgan fingerprint density at radius 2 is 1.83 bits per heavy atom. The lowest BCUT2D eigenvalue weighted by Gasteiger charge is -2.34. The summed E-state index contributed by atoms with van der Waals surface area (Å²) in [6, 6.07) is 0. The summed E-state index contributed by atoms with van der Waals surface area (Å²) >= 11 is 0. The van der Waals surface area contributed by atoms with Crippen LogP contribution in [0, 0.1) is 0 Å². The number of rotatable bonds is 5. The van der Waals surface area contributed by atoms with E-state index in [9.17, 15) is 13.2 Å².